The molecule has 0 spiro atoms. The van der Waals surface area contributed by atoms with Crippen molar-refractivity contribution in [1.29, 1.82) is 0 Å². The second-order valence-corrected chi connectivity index (χ2v) is 8.82. The zero-order valence-electron chi connectivity index (χ0n) is 18.1. The Balaban J connectivity index is 1.90. The van der Waals surface area contributed by atoms with Crippen LogP contribution in [-0.4, -0.2) is 30.6 Å². The lowest BCUT2D eigenvalue weighted by Crippen LogP contribution is -2.39. The lowest BCUT2D eigenvalue weighted by Gasteiger charge is -2.32. The molecule has 2 aliphatic rings. The summed E-state index contributed by atoms with van der Waals surface area (Å²) in [5.41, 5.74) is 3.64. The number of carbonyl (C=O) groups excluding carboxylic acids is 2. The molecule has 0 amide bonds. The van der Waals surface area contributed by atoms with E-state index in [2.05, 4.69) is 26.6 Å². The number of fused-ring (bicyclic) bond motifs is 1. The first-order valence-electron chi connectivity index (χ1n) is 10.5. The fourth-order valence-corrected chi connectivity index (χ4v) is 4.87. The van der Waals surface area contributed by atoms with Crippen molar-refractivity contribution in [3.8, 4) is 11.5 Å². The molecule has 3 atom stereocenters. The van der Waals surface area contributed by atoms with Gasteiger partial charge in [-0.1, -0.05) is 19.1 Å². The number of hydrogen-bond donors (Lipinski definition) is 3. The number of ketones is 1. The second kappa shape index (κ2) is 8.86. The molecule has 1 heterocycles. The molecule has 0 fully saturated rings. The Morgan fingerprint density at radius 3 is 2.66 bits per heavy atom. The van der Waals surface area contributed by atoms with E-state index in [1.54, 1.807) is 12.1 Å². The summed E-state index contributed by atoms with van der Waals surface area (Å²) < 4.78 is 11.0. The van der Waals surface area contributed by atoms with Crippen LogP contribution in [0.4, 0.5) is 11.4 Å². The molecule has 168 valence electrons. The maximum Gasteiger partial charge on any atom is 0.316 e. The smallest absolute Gasteiger partial charge is 0.316 e. The van der Waals surface area contributed by atoms with E-state index in [1.165, 1.54) is 7.11 Å². The minimum atomic E-state index is -0.877. The van der Waals surface area contributed by atoms with Crippen LogP contribution in [0.2, 0.25) is 0 Å². The number of aromatic hydroxyl groups is 1. The number of phenolic OH excluding ortho intramolecular Hbond substituents is 1. The predicted molar refractivity (Wildman–Crippen MR) is 125 cm³/mol. The van der Waals surface area contributed by atoms with Crippen LogP contribution in [-0.2, 0) is 14.3 Å². The van der Waals surface area contributed by atoms with Crippen molar-refractivity contribution in [3.05, 3.63) is 57.7 Å². The average molecular weight is 501 g/mol. The molecule has 3 N–H and O–H groups in total. The molecular weight excluding hydrogens is 476 g/mol. The number of nitrogens with one attached hydrogen (secondary N) is 2. The summed E-state index contributed by atoms with van der Waals surface area (Å²) in [6.07, 6.45) is 0.519. The fraction of sp³-hybridized carbons (Fsp3) is 0.333. The van der Waals surface area contributed by atoms with Crippen LogP contribution in [0.5, 0.6) is 11.5 Å². The van der Waals surface area contributed by atoms with Gasteiger partial charge in [-0.25, -0.2) is 0 Å². The molecule has 7 nitrogen and oxygen atoms in total. The number of para-hydroxylation sites is 2. The van der Waals surface area contributed by atoms with Crippen molar-refractivity contribution in [1.82, 2.24) is 0 Å². The summed E-state index contributed by atoms with van der Waals surface area (Å²) >= 11 is 3.40. The van der Waals surface area contributed by atoms with E-state index in [9.17, 15) is 14.7 Å². The second-order valence-electron chi connectivity index (χ2n) is 7.97. The van der Waals surface area contributed by atoms with Gasteiger partial charge in [-0.15, -0.1) is 0 Å². The van der Waals surface area contributed by atoms with Gasteiger partial charge in [0.2, 0.25) is 0 Å². The quantitative estimate of drug-likeness (QED) is 0.410. The fourth-order valence-electron chi connectivity index (χ4n) is 4.41. The number of carbonyl (C=O) groups is 2. The number of benzene rings is 2. The molecular formula is C24H25BrN2O5. The standard InChI is InChI=1S/C24H25BrN2O5/c1-4-32-18-11-13(10-14(25)22(18)28)21-20-17(26-15-7-5-6-8-16(15)27-21)9-12(2)19(23(20)29)24(30)31-3/h5-8,10-12,19,21,26-28H,4,9H2,1-3H3/t12-,19+,21+/m1/s1. The number of rotatable bonds is 4. The summed E-state index contributed by atoms with van der Waals surface area (Å²) in [5, 5.41) is 17.3. The van der Waals surface area contributed by atoms with Gasteiger partial charge in [-0.3, -0.25) is 9.59 Å². The molecule has 0 aromatic heterocycles. The lowest BCUT2D eigenvalue weighted by atomic mass is 9.75. The zero-order valence-corrected chi connectivity index (χ0v) is 19.7. The van der Waals surface area contributed by atoms with E-state index in [1.807, 2.05) is 38.1 Å². The zero-order chi connectivity index (χ0) is 23.0. The summed E-state index contributed by atoms with van der Waals surface area (Å²) in [6.45, 7) is 4.09. The Hall–Kier alpha value is -3.00. The highest BCUT2D eigenvalue weighted by Gasteiger charge is 2.44. The van der Waals surface area contributed by atoms with Crippen molar-refractivity contribution in [2.24, 2.45) is 11.8 Å². The highest BCUT2D eigenvalue weighted by atomic mass is 79.9. The molecule has 0 saturated carbocycles. The van der Waals surface area contributed by atoms with Crippen LogP contribution in [0.15, 0.2) is 52.1 Å². The van der Waals surface area contributed by atoms with Gasteiger partial charge in [0, 0.05) is 11.3 Å². The molecule has 1 aliphatic heterocycles. The Morgan fingerprint density at radius 2 is 1.97 bits per heavy atom. The Labute approximate surface area is 194 Å². The number of anilines is 2. The first kappa shape index (κ1) is 22.2. The maximum atomic E-state index is 13.7. The predicted octanol–water partition coefficient (Wildman–Crippen LogP) is 4.78. The number of hydrogen-bond acceptors (Lipinski definition) is 7. The normalized spacial score (nSPS) is 22.1. The van der Waals surface area contributed by atoms with Crippen LogP contribution < -0.4 is 15.4 Å². The number of ether oxygens (including phenoxy) is 2. The topological polar surface area (TPSA) is 96.9 Å². The van der Waals surface area contributed by atoms with Crippen LogP contribution in [0.25, 0.3) is 0 Å². The largest absolute Gasteiger partial charge is 0.503 e. The van der Waals surface area contributed by atoms with Gasteiger partial charge >= 0.3 is 5.97 Å². The lowest BCUT2D eigenvalue weighted by molar-refractivity contribution is -0.151. The van der Waals surface area contributed by atoms with Gasteiger partial charge in [0.15, 0.2) is 17.3 Å². The van der Waals surface area contributed by atoms with Gasteiger partial charge in [-0.2, -0.15) is 0 Å². The van der Waals surface area contributed by atoms with E-state index in [-0.39, 0.29) is 17.5 Å². The molecule has 1 aliphatic carbocycles. The molecule has 0 saturated heterocycles. The SMILES string of the molecule is CCOc1cc([C@@H]2Nc3ccccc3NC3=C2C(=O)[C@@H](C(=O)OC)[C@H](C)C3)cc(Br)c1O. The third-order valence-corrected chi connectivity index (χ3v) is 6.51. The van der Waals surface area contributed by atoms with Crippen molar-refractivity contribution < 1.29 is 24.2 Å². The van der Waals surface area contributed by atoms with E-state index in [0.29, 0.717) is 28.8 Å². The van der Waals surface area contributed by atoms with Crippen molar-refractivity contribution in [2.45, 2.75) is 26.3 Å². The number of allylic oxidation sites excluding steroid dienone is 1. The molecule has 8 heteroatoms. The van der Waals surface area contributed by atoms with Gasteiger partial charge in [0.05, 0.1) is 35.6 Å². The van der Waals surface area contributed by atoms with E-state index in [4.69, 9.17) is 9.47 Å². The van der Waals surface area contributed by atoms with Crippen LogP contribution in [0.3, 0.4) is 0 Å². The Kier molecular flexibility index (Phi) is 6.15. The number of methoxy groups -OCH3 is 1. The van der Waals surface area contributed by atoms with E-state index in [0.717, 1.165) is 22.6 Å². The molecule has 2 aromatic carbocycles. The maximum absolute atomic E-state index is 13.7. The highest BCUT2D eigenvalue weighted by Crippen LogP contribution is 2.46. The van der Waals surface area contributed by atoms with Crippen molar-refractivity contribution in [3.63, 3.8) is 0 Å². The Morgan fingerprint density at radius 1 is 1.25 bits per heavy atom. The monoisotopic (exact) mass is 500 g/mol. The van der Waals surface area contributed by atoms with Crippen LogP contribution >= 0.6 is 15.9 Å². The number of esters is 1. The molecule has 2 aromatic rings. The molecule has 0 unspecified atom stereocenters. The molecule has 32 heavy (non-hydrogen) atoms. The minimum Gasteiger partial charge on any atom is -0.503 e. The molecule has 0 radical (unpaired) electrons. The average Bonchev–Trinajstić information content (AvgIpc) is 2.93. The number of halogens is 1. The van der Waals surface area contributed by atoms with Crippen molar-refractivity contribution >= 4 is 39.1 Å². The summed E-state index contributed by atoms with van der Waals surface area (Å²) in [5.74, 6) is -1.59. The molecule has 4 rings (SSSR count). The van der Waals surface area contributed by atoms with Gasteiger partial charge in [0.25, 0.3) is 0 Å². The van der Waals surface area contributed by atoms with Gasteiger partial charge < -0.3 is 25.2 Å². The highest BCUT2D eigenvalue weighted by molar-refractivity contribution is 9.10. The van der Waals surface area contributed by atoms with Crippen LogP contribution in [0, 0.1) is 11.8 Å². The minimum absolute atomic E-state index is 0.00650. The first-order chi connectivity index (χ1) is 15.3. The molecule has 0 bridgehead atoms. The van der Waals surface area contributed by atoms with Crippen LogP contribution in [0.1, 0.15) is 31.9 Å². The summed E-state index contributed by atoms with van der Waals surface area (Å²) in [4.78, 5) is 26.2. The Bertz CT molecular complexity index is 1110. The van der Waals surface area contributed by atoms with Crippen molar-refractivity contribution in [2.75, 3.05) is 24.4 Å². The third kappa shape index (κ3) is 3.83. The van der Waals surface area contributed by atoms with Gasteiger partial charge in [0.1, 0.15) is 5.92 Å². The summed E-state index contributed by atoms with van der Waals surface area (Å²) in [6, 6.07) is 10.6. The number of Topliss-reactive ketones (excluding diaryl/α,β-unsaturated/α-hetero) is 1. The first-order valence-corrected chi connectivity index (χ1v) is 11.3. The van der Waals surface area contributed by atoms with Gasteiger partial charge in [-0.05, 0) is 65.0 Å². The number of phenols is 1. The van der Waals surface area contributed by atoms with E-state index >= 15 is 0 Å². The van der Waals surface area contributed by atoms with E-state index < -0.39 is 17.9 Å². The third-order valence-electron chi connectivity index (χ3n) is 5.91. The summed E-state index contributed by atoms with van der Waals surface area (Å²) in [7, 11) is 1.30.